The zero-order valence-corrected chi connectivity index (χ0v) is 12.9. The van der Waals surface area contributed by atoms with E-state index >= 15 is 0 Å². The van der Waals surface area contributed by atoms with Gasteiger partial charge in [0.25, 0.3) is 5.95 Å². The molecule has 4 N–H and O–H groups in total. The first-order chi connectivity index (χ1) is 11.1. The lowest BCUT2D eigenvalue weighted by Gasteiger charge is -2.11. The van der Waals surface area contributed by atoms with Crippen LogP contribution >= 0.6 is 12.2 Å². The van der Waals surface area contributed by atoms with Crippen molar-refractivity contribution in [3.63, 3.8) is 0 Å². The normalized spacial score (nSPS) is 12.3. The van der Waals surface area contributed by atoms with Gasteiger partial charge in [0, 0.05) is 0 Å². The molecule has 0 aliphatic heterocycles. The molecule has 23 heavy (non-hydrogen) atoms. The van der Waals surface area contributed by atoms with E-state index in [1.54, 1.807) is 30.3 Å². The molecule has 10 heteroatoms. The van der Waals surface area contributed by atoms with Crippen LogP contribution in [-0.4, -0.2) is 33.7 Å². The topological polar surface area (TPSA) is 134 Å². The molecule has 2 rings (SSSR count). The minimum Gasteiger partial charge on any atom is -0.464 e. The molecule has 1 aromatic carbocycles. The van der Waals surface area contributed by atoms with E-state index in [0.717, 1.165) is 4.79 Å². The zero-order valence-electron chi connectivity index (χ0n) is 12.1. The summed E-state index contributed by atoms with van der Waals surface area (Å²) in [4.78, 5) is 16.8. The molecule has 1 heterocycles. The molecule has 0 spiro atoms. The summed E-state index contributed by atoms with van der Waals surface area (Å²) in [5.74, 6) is 4.00. The predicted octanol–water partition coefficient (Wildman–Crippen LogP) is 0.903. The van der Waals surface area contributed by atoms with Gasteiger partial charge in [-0.05, 0) is 17.8 Å². The average molecular weight is 331 g/mol. The number of esters is 1. The van der Waals surface area contributed by atoms with Gasteiger partial charge in [0.05, 0.1) is 13.2 Å². The van der Waals surface area contributed by atoms with Crippen LogP contribution in [0.4, 0.5) is 5.95 Å². The van der Waals surface area contributed by atoms with E-state index in [4.69, 9.17) is 22.8 Å². The van der Waals surface area contributed by atoms with E-state index in [1.807, 2.05) is 6.07 Å². The number of carbonyl (C=O) groups excluding carboxylic acids is 1. The number of anilines is 1. The Hall–Kier alpha value is -3.19. The standard InChI is InChI=1S/C13H13N7O2S/c1-22-11(21)10(9(7-14)8-5-3-2-4-6-8)17-18-12-16-13(23)19-20(12)15/h2-6,9H,15H2,1H3,(H2,16,18,19,23)/b17-10+/t9-/m0/s1. The maximum absolute atomic E-state index is 12.0. The highest BCUT2D eigenvalue weighted by Gasteiger charge is 2.26. The molecule has 9 nitrogen and oxygen atoms in total. The molecule has 1 aromatic heterocycles. The molecular formula is C13H13N7O2S. The van der Waals surface area contributed by atoms with Crippen molar-refractivity contribution in [2.24, 2.45) is 5.10 Å². The predicted molar refractivity (Wildman–Crippen MR) is 85.4 cm³/mol. The summed E-state index contributed by atoms with van der Waals surface area (Å²) in [7, 11) is 1.20. The summed E-state index contributed by atoms with van der Waals surface area (Å²) in [6.45, 7) is 0. The van der Waals surface area contributed by atoms with Crippen LogP contribution < -0.4 is 11.3 Å². The van der Waals surface area contributed by atoms with E-state index in [1.165, 1.54) is 7.11 Å². The van der Waals surface area contributed by atoms with Crippen molar-refractivity contribution in [3.8, 4) is 6.07 Å². The van der Waals surface area contributed by atoms with Crippen molar-refractivity contribution >= 4 is 29.8 Å². The third kappa shape index (κ3) is 3.72. The lowest BCUT2D eigenvalue weighted by molar-refractivity contribution is -0.132. The zero-order chi connectivity index (χ0) is 16.8. The maximum atomic E-state index is 12.0. The van der Waals surface area contributed by atoms with Gasteiger partial charge in [-0.1, -0.05) is 30.3 Å². The number of nitrogens with zero attached hydrogens (tertiary/aromatic N) is 4. The molecule has 0 saturated carbocycles. The Morgan fingerprint density at radius 3 is 2.78 bits per heavy atom. The Balaban J connectivity index is 2.38. The number of methoxy groups -OCH3 is 1. The highest BCUT2D eigenvalue weighted by Crippen LogP contribution is 2.18. The first-order valence-electron chi connectivity index (χ1n) is 6.37. The number of nitrogens with one attached hydrogen (secondary N) is 2. The van der Waals surface area contributed by atoms with E-state index in [9.17, 15) is 10.1 Å². The van der Waals surface area contributed by atoms with Crippen molar-refractivity contribution in [2.75, 3.05) is 18.4 Å². The maximum Gasteiger partial charge on any atom is 0.355 e. The number of aromatic amines is 1. The SMILES string of the molecule is COC(=O)/C(=N/Nc1nc(=S)[nH]n1N)[C@@H](C#N)c1ccccc1. The lowest BCUT2D eigenvalue weighted by Crippen LogP contribution is -2.25. The fourth-order valence-electron chi connectivity index (χ4n) is 1.79. The van der Waals surface area contributed by atoms with Crippen LogP contribution in [0.1, 0.15) is 11.5 Å². The summed E-state index contributed by atoms with van der Waals surface area (Å²) in [6, 6.07) is 10.8. The lowest BCUT2D eigenvalue weighted by atomic mass is 9.95. The van der Waals surface area contributed by atoms with E-state index < -0.39 is 11.9 Å². The summed E-state index contributed by atoms with van der Waals surface area (Å²) in [6.07, 6.45) is 0. The van der Waals surface area contributed by atoms with Gasteiger partial charge in [-0.15, -0.1) is 0 Å². The Labute approximate surface area is 136 Å². The number of benzene rings is 1. The van der Waals surface area contributed by atoms with Crippen LogP contribution in [0.25, 0.3) is 0 Å². The Morgan fingerprint density at radius 1 is 1.57 bits per heavy atom. The second-order valence-corrected chi connectivity index (χ2v) is 4.68. The van der Waals surface area contributed by atoms with Gasteiger partial charge in [-0.25, -0.2) is 10.2 Å². The fraction of sp³-hybridized carbons (Fsp3) is 0.154. The van der Waals surface area contributed by atoms with Gasteiger partial charge < -0.3 is 10.6 Å². The number of hydrogen-bond acceptors (Lipinski definition) is 8. The molecule has 0 bridgehead atoms. The molecule has 0 fully saturated rings. The van der Waals surface area contributed by atoms with Crippen LogP contribution in [-0.2, 0) is 9.53 Å². The van der Waals surface area contributed by atoms with Crippen molar-refractivity contribution < 1.29 is 9.53 Å². The van der Waals surface area contributed by atoms with Gasteiger partial charge in [0.2, 0.25) is 4.77 Å². The average Bonchev–Trinajstić information content (AvgIpc) is 2.89. The van der Waals surface area contributed by atoms with Crippen LogP contribution in [0.3, 0.4) is 0 Å². The number of nitrogens with two attached hydrogens (primary N) is 1. The number of hydrogen-bond donors (Lipinski definition) is 3. The largest absolute Gasteiger partial charge is 0.464 e. The van der Waals surface area contributed by atoms with Gasteiger partial charge in [-0.3, -0.25) is 5.10 Å². The number of nitriles is 1. The number of aromatic nitrogens is 3. The van der Waals surface area contributed by atoms with Crippen molar-refractivity contribution in [1.29, 1.82) is 5.26 Å². The van der Waals surface area contributed by atoms with Crippen molar-refractivity contribution in [1.82, 2.24) is 14.9 Å². The summed E-state index contributed by atoms with van der Waals surface area (Å²) < 4.78 is 4.84. The number of H-pyrrole nitrogens is 1. The van der Waals surface area contributed by atoms with Gasteiger partial charge in [-0.2, -0.15) is 20.1 Å². The molecule has 0 saturated heterocycles. The van der Waals surface area contributed by atoms with Crippen LogP contribution in [0.2, 0.25) is 0 Å². The first kappa shape index (κ1) is 16.2. The highest BCUT2D eigenvalue weighted by atomic mass is 32.1. The fourth-order valence-corrected chi connectivity index (χ4v) is 1.98. The van der Waals surface area contributed by atoms with E-state index in [0.29, 0.717) is 5.56 Å². The molecule has 118 valence electrons. The van der Waals surface area contributed by atoms with Crippen LogP contribution in [0.5, 0.6) is 0 Å². The smallest absolute Gasteiger partial charge is 0.355 e. The van der Waals surface area contributed by atoms with E-state index in [2.05, 4.69) is 20.6 Å². The van der Waals surface area contributed by atoms with Gasteiger partial charge in [0.15, 0.2) is 5.71 Å². The quantitative estimate of drug-likeness (QED) is 0.244. The highest BCUT2D eigenvalue weighted by molar-refractivity contribution is 7.71. The Bertz CT molecular complexity index is 819. The molecule has 2 aromatic rings. The Morgan fingerprint density at radius 2 is 2.26 bits per heavy atom. The van der Waals surface area contributed by atoms with E-state index in [-0.39, 0.29) is 16.4 Å². The number of ether oxygens (including phenoxy) is 1. The first-order valence-corrected chi connectivity index (χ1v) is 6.78. The van der Waals surface area contributed by atoms with Crippen molar-refractivity contribution in [2.45, 2.75) is 5.92 Å². The molecule has 0 aliphatic rings. The van der Waals surface area contributed by atoms with Gasteiger partial charge >= 0.3 is 5.97 Å². The number of nitrogen functional groups attached to an aromatic ring is 1. The molecular weight excluding hydrogens is 318 g/mol. The minimum absolute atomic E-state index is 0.0844. The monoisotopic (exact) mass is 331 g/mol. The molecule has 0 amide bonds. The second-order valence-electron chi connectivity index (χ2n) is 4.30. The molecule has 1 atom stereocenters. The van der Waals surface area contributed by atoms with Crippen LogP contribution in [0, 0.1) is 16.1 Å². The second kappa shape index (κ2) is 7.19. The number of rotatable bonds is 5. The molecule has 0 unspecified atom stereocenters. The third-order valence-corrected chi connectivity index (χ3v) is 3.04. The van der Waals surface area contributed by atoms with Crippen molar-refractivity contribution in [3.05, 3.63) is 40.7 Å². The molecule has 0 radical (unpaired) electrons. The summed E-state index contributed by atoms with van der Waals surface area (Å²) in [5, 5.41) is 15.9. The summed E-state index contributed by atoms with van der Waals surface area (Å²) >= 11 is 4.83. The Kier molecular flexibility index (Phi) is 5.06. The molecule has 0 aliphatic carbocycles. The summed E-state index contributed by atoms with van der Waals surface area (Å²) in [5.41, 5.74) is 2.97. The number of hydrazone groups is 1. The minimum atomic E-state index is -0.913. The van der Waals surface area contributed by atoms with Gasteiger partial charge in [0.1, 0.15) is 5.92 Å². The van der Waals surface area contributed by atoms with Crippen LogP contribution in [0.15, 0.2) is 35.4 Å². The third-order valence-electron chi connectivity index (χ3n) is 2.86. The number of carbonyl (C=O) groups is 1.